The van der Waals surface area contributed by atoms with E-state index in [1.807, 2.05) is 18.2 Å². The monoisotopic (exact) mass is 421 g/mol. The molecule has 0 spiro atoms. The largest absolute Gasteiger partial charge is 0.378 e. The number of hydrogen-bond donors (Lipinski definition) is 2. The standard InChI is InChI=1S/C22H20ClN5O2/c23-15-1-6-18-19(12-15)26-20(29)11-14-13-24-22(27-21(14)18)25-16-2-4-17(5-3-16)28-7-9-30-10-8-28/h1-6,12-13H,7-11H2,(H,26,29)(H,24,25,27). The van der Waals surface area contributed by atoms with Crippen molar-refractivity contribution in [3.05, 3.63) is 59.2 Å². The Balaban J connectivity index is 1.42. The van der Waals surface area contributed by atoms with E-state index in [0.29, 0.717) is 16.7 Å². The fourth-order valence-corrected chi connectivity index (χ4v) is 3.90. The fraction of sp³-hybridized carbons (Fsp3) is 0.227. The maximum atomic E-state index is 12.2. The number of morpholine rings is 1. The van der Waals surface area contributed by atoms with Crippen LogP contribution in [0.3, 0.4) is 0 Å². The third-order valence-electron chi connectivity index (χ3n) is 5.23. The fourth-order valence-electron chi connectivity index (χ4n) is 3.73. The van der Waals surface area contributed by atoms with E-state index in [9.17, 15) is 4.79 Å². The van der Waals surface area contributed by atoms with Crippen LogP contribution in [-0.2, 0) is 16.0 Å². The Morgan fingerprint density at radius 1 is 1.10 bits per heavy atom. The van der Waals surface area contributed by atoms with Crippen molar-refractivity contribution in [2.45, 2.75) is 6.42 Å². The van der Waals surface area contributed by atoms with Gasteiger partial charge >= 0.3 is 0 Å². The molecule has 1 saturated heterocycles. The highest BCUT2D eigenvalue weighted by Gasteiger charge is 2.21. The molecular formula is C22H20ClN5O2. The average Bonchev–Trinajstić information content (AvgIpc) is 2.89. The summed E-state index contributed by atoms with van der Waals surface area (Å²) in [6.07, 6.45) is 1.92. The van der Waals surface area contributed by atoms with Crippen molar-refractivity contribution in [2.75, 3.05) is 41.8 Å². The number of aromatic nitrogens is 2. The Morgan fingerprint density at radius 2 is 1.90 bits per heavy atom. The molecule has 1 amide bonds. The van der Waals surface area contributed by atoms with Crippen LogP contribution in [0, 0.1) is 0 Å². The van der Waals surface area contributed by atoms with Gasteiger partial charge in [0.25, 0.3) is 0 Å². The van der Waals surface area contributed by atoms with Gasteiger partial charge in [0.05, 0.1) is 31.0 Å². The van der Waals surface area contributed by atoms with E-state index in [4.69, 9.17) is 21.3 Å². The molecule has 2 aliphatic heterocycles. The maximum Gasteiger partial charge on any atom is 0.228 e. The minimum Gasteiger partial charge on any atom is -0.378 e. The molecule has 0 radical (unpaired) electrons. The van der Waals surface area contributed by atoms with Gasteiger partial charge in [-0.2, -0.15) is 0 Å². The van der Waals surface area contributed by atoms with Crippen LogP contribution < -0.4 is 15.5 Å². The summed E-state index contributed by atoms with van der Waals surface area (Å²) in [5.41, 5.74) is 5.05. The smallest absolute Gasteiger partial charge is 0.228 e. The number of benzene rings is 2. The Labute approximate surface area is 179 Å². The molecule has 1 aromatic heterocycles. The summed E-state index contributed by atoms with van der Waals surface area (Å²) in [7, 11) is 0. The van der Waals surface area contributed by atoms with E-state index < -0.39 is 0 Å². The lowest BCUT2D eigenvalue weighted by Gasteiger charge is -2.28. The Kier molecular flexibility index (Phi) is 4.98. The molecule has 3 aromatic rings. The second-order valence-electron chi connectivity index (χ2n) is 7.25. The molecule has 0 saturated carbocycles. The number of hydrogen-bond acceptors (Lipinski definition) is 6. The van der Waals surface area contributed by atoms with Gasteiger partial charge in [0.2, 0.25) is 11.9 Å². The number of nitrogens with one attached hydrogen (secondary N) is 2. The first kappa shape index (κ1) is 18.8. The number of anilines is 4. The van der Waals surface area contributed by atoms with Crippen molar-refractivity contribution >= 4 is 40.5 Å². The van der Waals surface area contributed by atoms with E-state index in [-0.39, 0.29) is 12.3 Å². The van der Waals surface area contributed by atoms with Crippen LogP contribution in [0.15, 0.2) is 48.7 Å². The lowest BCUT2D eigenvalue weighted by molar-refractivity contribution is -0.115. The Morgan fingerprint density at radius 3 is 2.70 bits per heavy atom. The van der Waals surface area contributed by atoms with Crippen LogP contribution in [0.1, 0.15) is 5.56 Å². The Hall–Kier alpha value is -3.16. The third kappa shape index (κ3) is 3.81. The van der Waals surface area contributed by atoms with Gasteiger partial charge in [-0.1, -0.05) is 11.6 Å². The lowest BCUT2D eigenvalue weighted by Crippen LogP contribution is -2.36. The van der Waals surface area contributed by atoms with Gasteiger partial charge in [-0.05, 0) is 42.5 Å². The SMILES string of the molecule is O=C1Cc2cnc(Nc3ccc(N4CCOCC4)cc3)nc2-c2ccc(Cl)cc2N1. The van der Waals surface area contributed by atoms with E-state index in [2.05, 4.69) is 32.7 Å². The highest BCUT2D eigenvalue weighted by molar-refractivity contribution is 6.31. The number of carbonyl (C=O) groups excluding carboxylic acids is 1. The first-order valence-corrected chi connectivity index (χ1v) is 10.2. The highest BCUT2D eigenvalue weighted by atomic mass is 35.5. The summed E-state index contributed by atoms with van der Waals surface area (Å²) < 4.78 is 5.41. The predicted molar refractivity (Wildman–Crippen MR) is 118 cm³/mol. The van der Waals surface area contributed by atoms with E-state index in [1.165, 1.54) is 5.69 Å². The zero-order chi connectivity index (χ0) is 20.5. The molecule has 0 aliphatic carbocycles. The zero-order valence-corrected chi connectivity index (χ0v) is 16.9. The summed E-state index contributed by atoms with van der Waals surface area (Å²) in [5.74, 6) is 0.364. The third-order valence-corrected chi connectivity index (χ3v) is 5.46. The summed E-state index contributed by atoms with van der Waals surface area (Å²) in [6, 6.07) is 13.6. The summed E-state index contributed by atoms with van der Waals surface area (Å²) >= 11 is 6.11. The number of carbonyl (C=O) groups is 1. The van der Waals surface area contributed by atoms with Crippen LogP contribution in [0.4, 0.5) is 23.0 Å². The first-order chi connectivity index (χ1) is 14.7. The predicted octanol–water partition coefficient (Wildman–Crippen LogP) is 3.87. The molecule has 152 valence electrons. The molecule has 2 aromatic carbocycles. The minimum absolute atomic E-state index is 0.111. The van der Waals surface area contributed by atoms with Crippen molar-refractivity contribution in [1.82, 2.24) is 9.97 Å². The summed E-state index contributed by atoms with van der Waals surface area (Å²) in [4.78, 5) is 23.6. The van der Waals surface area contributed by atoms with E-state index >= 15 is 0 Å². The van der Waals surface area contributed by atoms with Crippen molar-refractivity contribution in [2.24, 2.45) is 0 Å². The second kappa shape index (κ2) is 7.93. The molecule has 1 fully saturated rings. The van der Waals surface area contributed by atoms with Crippen LogP contribution >= 0.6 is 11.6 Å². The zero-order valence-electron chi connectivity index (χ0n) is 16.2. The van der Waals surface area contributed by atoms with E-state index in [0.717, 1.165) is 48.8 Å². The number of rotatable bonds is 3. The molecule has 7 nitrogen and oxygen atoms in total. The normalized spacial score (nSPS) is 15.6. The van der Waals surface area contributed by atoms with Crippen molar-refractivity contribution in [1.29, 1.82) is 0 Å². The van der Waals surface area contributed by atoms with E-state index in [1.54, 1.807) is 18.3 Å². The molecule has 0 atom stereocenters. The van der Waals surface area contributed by atoms with Gasteiger partial charge in [0, 0.05) is 46.8 Å². The van der Waals surface area contributed by atoms with Gasteiger partial charge in [0.1, 0.15) is 0 Å². The van der Waals surface area contributed by atoms with Gasteiger partial charge in [0.15, 0.2) is 0 Å². The maximum absolute atomic E-state index is 12.2. The number of halogens is 1. The number of nitrogens with zero attached hydrogens (tertiary/aromatic N) is 3. The van der Waals surface area contributed by atoms with Crippen LogP contribution in [0.2, 0.25) is 5.02 Å². The van der Waals surface area contributed by atoms with Crippen LogP contribution in [-0.4, -0.2) is 42.2 Å². The molecule has 3 heterocycles. The van der Waals surface area contributed by atoms with Gasteiger partial charge in [-0.3, -0.25) is 4.79 Å². The molecular weight excluding hydrogens is 402 g/mol. The molecule has 5 rings (SSSR count). The van der Waals surface area contributed by atoms with Gasteiger partial charge in [-0.25, -0.2) is 9.97 Å². The number of ether oxygens (including phenoxy) is 1. The first-order valence-electron chi connectivity index (χ1n) is 9.81. The lowest BCUT2D eigenvalue weighted by atomic mass is 10.1. The molecule has 30 heavy (non-hydrogen) atoms. The number of amides is 1. The van der Waals surface area contributed by atoms with Gasteiger partial charge < -0.3 is 20.3 Å². The molecule has 2 N–H and O–H groups in total. The quantitative estimate of drug-likeness (QED) is 0.668. The molecule has 2 aliphatic rings. The molecule has 8 heteroatoms. The minimum atomic E-state index is -0.111. The second-order valence-corrected chi connectivity index (χ2v) is 7.69. The summed E-state index contributed by atoms with van der Waals surface area (Å²) in [5, 5.41) is 6.71. The summed E-state index contributed by atoms with van der Waals surface area (Å²) in [6.45, 7) is 3.31. The topological polar surface area (TPSA) is 79.4 Å². The van der Waals surface area contributed by atoms with Crippen LogP contribution in [0.25, 0.3) is 11.3 Å². The van der Waals surface area contributed by atoms with Crippen molar-refractivity contribution < 1.29 is 9.53 Å². The van der Waals surface area contributed by atoms with Crippen molar-refractivity contribution in [3.63, 3.8) is 0 Å². The van der Waals surface area contributed by atoms with Crippen molar-refractivity contribution in [3.8, 4) is 11.3 Å². The Bertz CT molecular complexity index is 1100. The van der Waals surface area contributed by atoms with Gasteiger partial charge in [-0.15, -0.1) is 0 Å². The number of fused-ring (bicyclic) bond motifs is 3. The molecule has 0 bridgehead atoms. The molecule has 0 unspecified atom stereocenters. The highest BCUT2D eigenvalue weighted by Crippen LogP contribution is 2.35. The van der Waals surface area contributed by atoms with Crippen LogP contribution in [0.5, 0.6) is 0 Å². The average molecular weight is 422 g/mol.